The number of nitrogens with two attached hydrogens (primary N) is 1. The number of nitrogens with one attached hydrogen (secondary N) is 1. The monoisotopic (exact) mass is 299 g/mol. The largest absolute Gasteiger partial charge is 0.379 e. The summed E-state index contributed by atoms with van der Waals surface area (Å²) in [5, 5.41) is 3.17. The minimum absolute atomic E-state index is 0.164. The summed E-state index contributed by atoms with van der Waals surface area (Å²) in [4.78, 5) is 9.05. The highest BCUT2D eigenvalue weighted by molar-refractivity contribution is 5.77. The van der Waals surface area contributed by atoms with Crippen LogP contribution in [-0.4, -0.2) is 94.5 Å². The average molecular weight is 299 g/mol. The maximum absolute atomic E-state index is 5.88. The Morgan fingerprint density at radius 1 is 1.29 bits per heavy atom. The van der Waals surface area contributed by atoms with Crippen LogP contribution in [0.3, 0.4) is 0 Å². The van der Waals surface area contributed by atoms with Crippen molar-refractivity contribution in [3.8, 4) is 0 Å². The highest BCUT2D eigenvalue weighted by atomic mass is 16.5. The van der Waals surface area contributed by atoms with E-state index in [1.165, 1.54) is 0 Å². The quantitative estimate of drug-likeness (QED) is 0.370. The Morgan fingerprint density at radius 2 is 2.10 bits per heavy atom. The summed E-state index contributed by atoms with van der Waals surface area (Å²) in [5.41, 5.74) is 5.88. The minimum Gasteiger partial charge on any atom is -0.379 e. The molecule has 21 heavy (non-hydrogen) atoms. The van der Waals surface area contributed by atoms with E-state index in [0.717, 1.165) is 65.5 Å². The summed E-state index contributed by atoms with van der Waals surface area (Å²) in [6.07, 6.45) is 1.23. The highest BCUT2D eigenvalue weighted by Crippen LogP contribution is 2.02. The van der Waals surface area contributed by atoms with Crippen molar-refractivity contribution in [2.45, 2.75) is 12.5 Å². The molecule has 0 aromatic carbocycles. The lowest BCUT2D eigenvalue weighted by molar-refractivity contribution is -0.0136. The molecule has 1 atom stereocenters. The minimum atomic E-state index is 0.164. The maximum atomic E-state index is 5.88. The lowest BCUT2D eigenvalue weighted by Crippen LogP contribution is -2.42. The van der Waals surface area contributed by atoms with Crippen LogP contribution in [0.4, 0.5) is 0 Å². The van der Waals surface area contributed by atoms with Crippen molar-refractivity contribution < 1.29 is 9.47 Å². The Kier molecular flexibility index (Phi) is 7.21. The van der Waals surface area contributed by atoms with Gasteiger partial charge in [-0.15, -0.1) is 0 Å². The molecule has 2 fully saturated rings. The van der Waals surface area contributed by atoms with Gasteiger partial charge in [-0.2, -0.15) is 0 Å². The first-order valence-corrected chi connectivity index (χ1v) is 7.88. The number of nitrogens with zero attached hydrogens (tertiary/aromatic N) is 3. The topological polar surface area (TPSA) is 75.3 Å². The number of hydrogen-bond acceptors (Lipinski definition) is 5. The van der Waals surface area contributed by atoms with E-state index in [1.807, 2.05) is 0 Å². The maximum Gasteiger partial charge on any atom is 0.188 e. The van der Waals surface area contributed by atoms with Crippen molar-refractivity contribution in [3.05, 3.63) is 0 Å². The van der Waals surface area contributed by atoms with Gasteiger partial charge in [-0.1, -0.05) is 0 Å². The summed E-state index contributed by atoms with van der Waals surface area (Å²) in [7, 11) is 2.10. The predicted octanol–water partition coefficient (Wildman–Crippen LogP) is -1.06. The first kappa shape index (κ1) is 16.5. The zero-order valence-electron chi connectivity index (χ0n) is 13.1. The van der Waals surface area contributed by atoms with Crippen molar-refractivity contribution >= 4 is 5.96 Å². The predicted molar refractivity (Wildman–Crippen MR) is 83.6 cm³/mol. The molecular formula is C14H29N5O2. The molecule has 0 aromatic rings. The first-order valence-electron chi connectivity index (χ1n) is 7.88. The fraction of sp³-hybridized carbons (Fsp3) is 0.929. The van der Waals surface area contributed by atoms with E-state index in [2.05, 4.69) is 27.2 Å². The first-order chi connectivity index (χ1) is 10.2. The Hall–Kier alpha value is -0.890. The van der Waals surface area contributed by atoms with E-state index in [0.29, 0.717) is 12.5 Å². The van der Waals surface area contributed by atoms with Crippen LogP contribution in [0.1, 0.15) is 6.42 Å². The Morgan fingerprint density at radius 3 is 2.86 bits per heavy atom. The molecule has 2 aliphatic heterocycles. The lowest BCUT2D eigenvalue weighted by Gasteiger charge is -2.29. The van der Waals surface area contributed by atoms with Gasteiger partial charge in [-0.3, -0.25) is 9.89 Å². The molecule has 0 aliphatic carbocycles. The normalized spacial score (nSPS) is 26.0. The lowest BCUT2D eigenvalue weighted by atomic mass is 10.3. The second-order valence-corrected chi connectivity index (χ2v) is 5.72. The number of morpholine rings is 2. The smallest absolute Gasteiger partial charge is 0.188 e. The van der Waals surface area contributed by atoms with Crippen LogP contribution in [0.15, 0.2) is 4.99 Å². The molecule has 3 N–H and O–H groups in total. The number of likely N-dealkylation sites (N-methyl/N-ethyl adjacent to an activating group) is 1. The molecule has 2 aliphatic rings. The van der Waals surface area contributed by atoms with Crippen LogP contribution in [0.2, 0.25) is 0 Å². The zero-order valence-corrected chi connectivity index (χ0v) is 13.1. The van der Waals surface area contributed by atoms with Crippen molar-refractivity contribution in [2.24, 2.45) is 10.7 Å². The van der Waals surface area contributed by atoms with E-state index < -0.39 is 0 Å². The molecule has 2 heterocycles. The van der Waals surface area contributed by atoms with E-state index in [4.69, 9.17) is 15.2 Å². The van der Waals surface area contributed by atoms with Crippen molar-refractivity contribution in [1.82, 2.24) is 15.1 Å². The van der Waals surface area contributed by atoms with Gasteiger partial charge >= 0.3 is 0 Å². The summed E-state index contributed by atoms with van der Waals surface area (Å²) in [6.45, 7) is 9.06. The number of guanidine groups is 1. The van der Waals surface area contributed by atoms with Crippen molar-refractivity contribution in [2.75, 3.05) is 72.7 Å². The van der Waals surface area contributed by atoms with Crippen LogP contribution in [-0.2, 0) is 9.47 Å². The van der Waals surface area contributed by atoms with E-state index >= 15 is 0 Å². The van der Waals surface area contributed by atoms with Crippen LogP contribution >= 0.6 is 0 Å². The van der Waals surface area contributed by atoms with Crippen molar-refractivity contribution in [3.63, 3.8) is 0 Å². The molecule has 0 radical (unpaired) electrons. The molecule has 1 unspecified atom stereocenters. The highest BCUT2D eigenvalue weighted by Gasteiger charge is 2.17. The van der Waals surface area contributed by atoms with E-state index in [9.17, 15) is 0 Å². The standard InChI is InChI=1S/C14H29N5O2/c1-18-5-10-21-13(12-18)11-17-14(15)16-3-2-4-19-6-8-20-9-7-19/h13H,2-12H2,1H3,(H3,15,16,17). The van der Waals surface area contributed by atoms with Crippen LogP contribution in [0.25, 0.3) is 0 Å². The third-order valence-electron chi connectivity index (χ3n) is 3.87. The fourth-order valence-corrected chi connectivity index (χ4v) is 2.58. The molecule has 0 saturated carbocycles. The fourth-order valence-electron chi connectivity index (χ4n) is 2.58. The Labute approximate surface area is 127 Å². The van der Waals surface area contributed by atoms with Gasteiger partial charge in [-0.05, 0) is 20.0 Å². The van der Waals surface area contributed by atoms with Crippen LogP contribution in [0.5, 0.6) is 0 Å². The van der Waals surface area contributed by atoms with Crippen LogP contribution in [0, 0.1) is 0 Å². The van der Waals surface area contributed by atoms with Gasteiger partial charge in [0.15, 0.2) is 5.96 Å². The van der Waals surface area contributed by atoms with E-state index in [1.54, 1.807) is 0 Å². The molecule has 0 bridgehead atoms. The molecule has 122 valence electrons. The van der Waals surface area contributed by atoms with Gasteiger partial charge in [0.2, 0.25) is 0 Å². The zero-order chi connectivity index (χ0) is 14.9. The number of rotatable bonds is 6. The second kappa shape index (κ2) is 9.19. The molecule has 0 amide bonds. The van der Waals surface area contributed by atoms with Gasteiger partial charge in [0, 0.05) is 32.7 Å². The number of aliphatic imine (C=N–C) groups is 1. The summed E-state index contributed by atoms with van der Waals surface area (Å²) in [5.74, 6) is 0.522. The van der Waals surface area contributed by atoms with Gasteiger partial charge in [-0.25, -0.2) is 0 Å². The molecule has 2 rings (SSSR count). The molecule has 7 nitrogen and oxygen atoms in total. The molecular weight excluding hydrogens is 270 g/mol. The van der Waals surface area contributed by atoms with Crippen molar-refractivity contribution in [1.29, 1.82) is 0 Å². The molecule has 7 heteroatoms. The Bertz CT molecular complexity index is 320. The number of ether oxygens (including phenoxy) is 2. The van der Waals surface area contributed by atoms with Gasteiger partial charge in [0.1, 0.15) is 0 Å². The summed E-state index contributed by atoms with van der Waals surface area (Å²) < 4.78 is 11.0. The Balaban J connectivity index is 1.53. The summed E-state index contributed by atoms with van der Waals surface area (Å²) in [6, 6.07) is 0. The second-order valence-electron chi connectivity index (χ2n) is 5.72. The summed E-state index contributed by atoms with van der Waals surface area (Å²) >= 11 is 0. The number of hydrogen-bond donors (Lipinski definition) is 2. The van der Waals surface area contributed by atoms with E-state index in [-0.39, 0.29) is 6.10 Å². The third kappa shape index (κ3) is 6.60. The van der Waals surface area contributed by atoms with Gasteiger partial charge in [0.25, 0.3) is 0 Å². The molecule has 0 spiro atoms. The molecule has 0 aromatic heterocycles. The SMILES string of the molecule is CN1CCOC(CN=C(N)NCCCN2CCOCC2)C1. The van der Waals surface area contributed by atoms with Gasteiger partial charge in [0.05, 0.1) is 32.5 Å². The van der Waals surface area contributed by atoms with Crippen LogP contribution < -0.4 is 11.1 Å². The molecule has 2 saturated heterocycles. The van der Waals surface area contributed by atoms with Gasteiger partial charge < -0.3 is 25.4 Å². The average Bonchev–Trinajstić information content (AvgIpc) is 2.51. The third-order valence-corrected chi connectivity index (χ3v) is 3.87.